The van der Waals surface area contributed by atoms with E-state index in [1.165, 1.54) is 19.1 Å². The predicted molar refractivity (Wildman–Crippen MR) is 54.1 cm³/mol. The second kappa shape index (κ2) is 4.07. The molecular weight excluding hydrogens is 227 g/mol. The van der Waals surface area contributed by atoms with Crippen LogP contribution in [0.2, 0.25) is 0 Å². The number of alkyl halides is 2. The van der Waals surface area contributed by atoms with Crippen molar-refractivity contribution in [1.82, 2.24) is 0 Å². The van der Waals surface area contributed by atoms with Gasteiger partial charge in [-0.2, -0.15) is 0 Å². The monoisotopic (exact) mass is 234 g/mol. The Morgan fingerprint density at radius 3 is 2.50 bits per heavy atom. The Kier molecular flexibility index (Phi) is 3.24. The van der Waals surface area contributed by atoms with Gasteiger partial charge in [0.1, 0.15) is 11.3 Å². The van der Waals surface area contributed by atoms with Gasteiger partial charge in [0.2, 0.25) is 0 Å². The summed E-state index contributed by atoms with van der Waals surface area (Å²) >= 11 is 11.2. The number of hydrogen-bond donors (Lipinski definition) is 1. The maximum absolute atomic E-state index is 10.7. The van der Waals surface area contributed by atoms with Gasteiger partial charge in [0, 0.05) is 6.92 Å². The Morgan fingerprint density at radius 2 is 2.00 bits per heavy atom. The third-order valence-electron chi connectivity index (χ3n) is 1.41. The Bertz CT molecular complexity index is 344. The minimum atomic E-state index is -1.44. The van der Waals surface area contributed by atoms with Gasteiger partial charge in [0.25, 0.3) is 4.52 Å². The molecule has 0 unspecified atom stereocenters. The number of rotatable bonds is 3. The summed E-state index contributed by atoms with van der Waals surface area (Å²) in [7, 11) is 0. The third kappa shape index (κ3) is 3.09. The maximum Gasteiger partial charge on any atom is 0.339 e. The van der Waals surface area contributed by atoms with E-state index < -0.39 is 10.5 Å². The zero-order valence-electron chi connectivity index (χ0n) is 7.33. The number of aromatic carboxylic acids is 1. The average Bonchev–Trinajstić information content (AvgIpc) is 2.01. The summed E-state index contributed by atoms with van der Waals surface area (Å²) < 4.78 is 3.61. The van der Waals surface area contributed by atoms with Gasteiger partial charge in [-0.05, 0) is 12.1 Å². The first-order valence-corrected chi connectivity index (χ1v) is 4.55. The summed E-state index contributed by atoms with van der Waals surface area (Å²) in [6.45, 7) is 1.41. The molecular formula is C9H8Cl2O3. The maximum atomic E-state index is 10.7. The standard InChI is InChI=1S/C9H8Cl2O3/c1-9(10,11)14-7-5-3-2-4-6(7)8(12)13/h2-5H,1H3,(H,12,13). The molecule has 14 heavy (non-hydrogen) atoms. The van der Waals surface area contributed by atoms with Crippen LogP contribution in [0, 0.1) is 0 Å². The molecule has 1 aromatic rings. The van der Waals surface area contributed by atoms with Crippen molar-refractivity contribution >= 4 is 29.2 Å². The van der Waals surface area contributed by atoms with E-state index in [-0.39, 0.29) is 11.3 Å². The first-order valence-electron chi connectivity index (χ1n) is 3.79. The second-order valence-corrected chi connectivity index (χ2v) is 4.35. The van der Waals surface area contributed by atoms with Gasteiger partial charge in [0.15, 0.2) is 0 Å². The molecule has 0 heterocycles. The lowest BCUT2D eigenvalue weighted by Crippen LogP contribution is -2.17. The van der Waals surface area contributed by atoms with E-state index in [1.807, 2.05) is 0 Å². The van der Waals surface area contributed by atoms with Gasteiger partial charge >= 0.3 is 5.97 Å². The van der Waals surface area contributed by atoms with Gasteiger partial charge in [0.05, 0.1) is 0 Å². The van der Waals surface area contributed by atoms with Gasteiger partial charge in [-0.1, -0.05) is 35.3 Å². The minimum absolute atomic E-state index is 0.0278. The SMILES string of the molecule is CC(Cl)(Cl)Oc1ccccc1C(=O)O. The predicted octanol–water partition coefficient (Wildman–Crippen LogP) is 2.91. The lowest BCUT2D eigenvalue weighted by Gasteiger charge is -2.17. The molecule has 0 aliphatic rings. The number of halogens is 2. The van der Waals surface area contributed by atoms with Crippen LogP contribution >= 0.6 is 23.2 Å². The molecule has 0 aliphatic carbocycles. The van der Waals surface area contributed by atoms with Crippen LogP contribution in [-0.2, 0) is 0 Å². The molecule has 0 amide bonds. The molecule has 0 fully saturated rings. The molecule has 1 rings (SSSR count). The topological polar surface area (TPSA) is 46.5 Å². The number of ether oxygens (including phenoxy) is 1. The minimum Gasteiger partial charge on any atom is -0.478 e. The second-order valence-electron chi connectivity index (χ2n) is 2.71. The fraction of sp³-hybridized carbons (Fsp3) is 0.222. The van der Waals surface area contributed by atoms with Gasteiger partial charge in [-0.15, -0.1) is 0 Å². The Balaban J connectivity index is 3.02. The third-order valence-corrected chi connectivity index (χ3v) is 1.56. The van der Waals surface area contributed by atoms with Crippen molar-refractivity contribution in [2.24, 2.45) is 0 Å². The van der Waals surface area contributed by atoms with Crippen LogP contribution in [-0.4, -0.2) is 15.6 Å². The van der Waals surface area contributed by atoms with Crippen molar-refractivity contribution in [2.75, 3.05) is 0 Å². The van der Waals surface area contributed by atoms with E-state index in [9.17, 15) is 4.79 Å². The van der Waals surface area contributed by atoms with E-state index in [0.717, 1.165) is 0 Å². The van der Waals surface area contributed by atoms with Gasteiger partial charge in [-0.25, -0.2) is 4.79 Å². The molecule has 0 atom stereocenters. The van der Waals surface area contributed by atoms with Crippen LogP contribution in [0.25, 0.3) is 0 Å². The fourth-order valence-electron chi connectivity index (χ4n) is 0.925. The van der Waals surface area contributed by atoms with Crippen LogP contribution in [0.3, 0.4) is 0 Å². The lowest BCUT2D eigenvalue weighted by molar-refractivity contribution is 0.0691. The van der Waals surface area contributed by atoms with E-state index in [2.05, 4.69) is 0 Å². The van der Waals surface area contributed by atoms with Gasteiger partial charge < -0.3 is 9.84 Å². The number of carboxylic acids is 1. The molecule has 3 nitrogen and oxygen atoms in total. The van der Waals surface area contributed by atoms with Crippen LogP contribution in [0.1, 0.15) is 17.3 Å². The smallest absolute Gasteiger partial charge is 0.339 e. The van der Waals surface area contributed by atoms with E-state index >= 15 is 0 Å². The molecule has 1 N–H and O–H groups in total. The molecule has 0 aromatic heterocycles. The highest BCUT2D eigenvalue weighted by atomic mass is 35.5. The molecule has 0 radical (unpaired) electrons. The van der Waals surface area contributed by atoms with E-state index in [4.69, 9.17) is 33.0 Å². The first-order chi connectivity index (χ1) is 6.40. The molecule has 0 aliphatic heterocycles. The van der Waals surface area contributed by atoms with Crippen molar-refractivity contribution in [3.8, 4) is 5.75 Å². The quantitative estimate of drug-likeness (QED) is 0.819. The highest BCUT2D eigenvalue weighted by Crippen LogP contribution is 2.28. The van der Waals surface area contributed by atoms with Crippen LogP contribution < -0.4 is 4.74 Å². The summed E-state index contributed by atoms with van der Waals surface area (Å²) in [6.07, 6.45) is 0. The highest BCUT2D eigenvalue weighted by molar-refractivity contribution is 6.47. The summed E-state index contributed by atoms with van der Waals surface area (Å²) in [4.78, 5) is 10.7. The molecule has 0 bridgehead atoms. The molecule has 76 valence electrons. The molecule has 0 spiro atoms. The molecule has 0 saturated carbocycles. The van der Waals surface area contributed by atoms with Crippen molar-refractivity contribution < 1.29 is 14.6 Å². The average molecular weight is 235 g/mol. The zero-order chi connectivity index (χ0) is 10.8. The van der Waals surface area contributed by atoms with Crippen molar-refractivity contribution in [2.45, 2.75) is 11.4 Å². The first kappa shape index (κ1) is 11.1. The van der Waals surface area contributed by atoms with Crippen molar-refractivity contribution in [1.29, 1.82) is 0 Å². The zero-order valence-corrected chi connectivity index (χ0v) is 8.84. The highest BCUT2D eigenvalue weighted by Gasteiger charge is 2.21. The number of carbonyl (C=O) groups is 1. The van der Waals surface area contributed by atoms with Crippen molar-refractivity contribution in [3.63, 3.8) is 0 Å². The van der Waals surface area contributed by atoms with Crippen LogP contribution in [0.4, 0.5) is 0 Å². The molecule has 0 saturated heterocycles. The number of carboxylic acid groups (broad SMARTS) is 1. The number of para-hydroxylation sites is 1. The number of hydrogen-bond acceptors (Lipinski definition) is 2. The molecule has 5 heteroatoms. The summed E-state index contributed by atoms with van der Waals surface area (Å²) in [5, 5.41) is 8.80. The van der Waals surface area contributed by atoms with E-state index in [0.29, 0.717) is 0 Å². The number of benzene rings is 1. The largest absolute Gasteiger partial charge is 0.478 e. The fourth-order valence-corrected chi connectivity index (χ4v) is 1.09. The Hall–Kier alpha value is -0.930. The van der Waals surface area contributed by atoms with E-state index in [1.54, 1.807) is 12.1 Å². The Morgan fingerprint density at radius 1 is 1.43 bits per heavy atom. The Labute approximate surface area is 91.2 Å². The van der Waals surface area contributed by atoms with Gasteiger partial charge in [-0.3, -0.25) is 0 Å². The summed E-state index contributed by atoms with van der Waals surface area (Å²) in [5.41, 5.74) is 0.0278. The molecule has 1 aromatic carbocycles. The lowest BCUT2D eigenvalue weighted by atomic mass is 10.2. The van der Waals surface area contributed by atoms with Crippen LogP contribution in [0.15, 0.2) is 24.3 Å². The van der Waals surface area contributed by atoms with Crippen LogP contribution in [0.5, 0.6) is 5.75 Å². The van der Waals surface area contributed by atoms with Crippen molar-refractivity contribution in [3.05, 3.63) is 29.8 Å². The summed E-state index contributed by atoms with van der Waals surface area (Å²) in [5.74, 6) is -0.939. The normalized spacial score (nSPS) is 11.1. The summed E-state index contributed by atoms with van der Waals surface area (Å²) in [6, 6.07) is 6.14.